The lowest BCUT2D eigenvalue weighted by Crippen LogP contribution is -2.08. The van der Waals surface area contributed by atoms with Gasteiger partial charge >= 0.3 is 0 Å². The largest absolute Gasteiger partial charge is 0.0648 e. The number of fused-ring (bicyclic) bond motifs is 1. The molecule has 0 aliphatic heterocycles. The van der Waals surface area contributed by atoms with Gasteiger partial charge in [-0.3, -0.25) is 0 Å². The van der Waals surface area contributed by atoms with Gasteiger partial charge in [0.2, 0.25) is 0 Å². The molecule has 1 unspecified atom stereocenters. The summed E-state index contributed by atoms with van der Waals surface area (Å²) in [4.78, 5) is 0. The molecule has 0 radical (unpaired) electrons. The van der Waals surface area contributed by atoms with Crippen LogP contribution in [-0.4, -0.2) is 0 Å². The monoisotopic (exact) mass is 330 g/mol. The smallest absolute Gasteiger partial charge is 0.00548 e. The summed E-state index contributed by atoms with van der Waals surface area (Å²) in [5, 5.41) is 0. The van der Waals surface area contributed by atoms with Crippen LogP contribution in [0.1, 0.15) is 75.0 Å². The highest BCUT2D eigenvalue weighted by Gasteiger charge is 2.24. The topological polar surface area (TPSA) is 0 Å². The maximum Gasteiger partial charge on any atom is -0.00548 e. The maximum absolute atomic E-state index is 2.53. The molecule has 130 valence electrons. The molecule has 25 heavy (non-hydrogen) atoms. The molecule has 0 N–H and O–H groups in total. The van der Waals surface area contributed by atoms with Gasteiger partial charge in [0.25, 0.3) is 0 Å². The first-order valence-corrected chi connectivity index (χ1v) is 10.2. The van der Waals surface area contributed by atoms with Crippen LogP contribution in [0.15, 0.2) is 48.0 Å². The predicted molar refractivity (Wildman–Crippen MR) is 109 cm³/mol. The van der Waals surface area contributed by atoms with E-state index >= 15 is 0 Å². The van der Waals surface area contributed by atoms with Crippen LogP contribution in [0.25, 0.3) is 17.2 Å². The van der Waals surface area contributed by atoms with E-state index in [1.165, 1.54) is 72.8 Å². The molecule has 1 atom stereocenters. The van der Waals surface area contributed by atoms with E-state index < -0.39 is 0 Å². The number of hydrogen-bond donors (Lipinski definition) is 0. The van der Waals surface area contributed by atoms with E-state index in [-0.39, 0.29) is 0 Å². The first-order chi connectivity index (χ1) is 12.3. The molecule has 0 aromatic heterocycles. The van der Waals surface area contributed by atoms with Gasteiger partial charge in [-0.05, 0) is 65.3 Å². The Labute approximate surface area is 153 Å². The average molecular weight is 331 g/mol. The molecule has 0 saturated heterocycles. The van der Waals surface area contributed by atoms with E-state index in [1.54, 1.807) is 5.57 Å². The van der Waals surface area contributed by atoms with Gasteiger partial charge in [-0.2, -0.15) is 0 Å². The number of allylic oxidation sites excluding steroid dienone is 1. The molecule has 2 aromatic carbocycles. The third-order valence-corrected chi connectivity index (χ3v) is 6.45. The zero-order valence-electron chi connectivity index (χ0n) is 15.7. The predicted octanol–water partition coefficient (Wildman–Crippen LogP) is 7.39. The van der Waals surface area contributed by atoms with Crippen molar-refractivity contribution in [3.05, 3.63) is 64.7 Å². The molecule has 2 aliphatic rings. The summed E-state index contributed by atoms with van der Waals surface area (Å²) in [5.41, 5.74) is 8.95. The minimum Gasteiger partial charge on any atom is -0.0648 e. The van der Waals surface area contributed by atoms with Crippen LogP contribution in [0.5, 0.6) is 0 Å². The molecule has 0 heteroatoms. The highest BCUT2D eigenvalue weighted by molar-refractivity contribution is 5.81. The zero-order valence-corrected chi connectivity index (χ0v) is 15.7. The van der Waals surface area contributed by atoms with Crippen molar-refractivity contribution >= 4 is 6.08 Å². The Morgan fingerprint density at radius 2 is 1.72 bits per heavy atom. The van der Waals surface area contributed by atoms with Crippen molar-refractivity contribution in [3.63, 3.8) is 0 Å². The van der Waals surface area contributed by atoms with Crippen molar-refractivity contribution in [1.82, 2.24) is 0 Å². The second kappa shape index (κ2) is 7.20. The fourth-order valence-corrected chi connectivity index (χ4v) is 4.61. The molecular formula is C25H30. The third-order valence-electron chi connectivity index (χ3n) is 6.45. The van der Waals surface area contributed by atoms with Gasteiger partial charge in [0.15, 0.2) is 0 Å². The van der Waals surface area contributed by atoms with Gasteiger partial charge in [-0.1, -0.05) is 87.2 Å². The van der Waals surface area contributed by atoms with E-state index in [4.69, 9.17) is 0 Å². The molecular weight excluding hydrogens is 300 g/mol. The van der Waals surface area contributed by atoms with Crippen LogP contribution >= 0.6 is 0 Å². The molecule has 2 aliphatic carbocycles. The van der Waals surface area contributed by atoms with Gasteiger partial charge in [-0.25, -0.2) is 0 Å². The Balaban J connectivity index is 1.64. The van der Waals surface area contributed by atoms with E-state index in [0.29, 0.717) is 5.92 Å². The fourth-order valence-electron chi connectivity index (χ4n) is 4.61. The van der Waals surface area contributed by atoms with Crippen LogP contribution in [0.4, 0.5) is 0 Å². The third kappa shape index (κ3) is 3.32. The molecule has 0 nitrogen and oxygen atoms in total. The van der Waals surface area contributed by atoms with Gasteiger partial charge in [0.1, 0.15) is 0 Å². The van der Waals surface area contributed by atoms with Crippen molar-refractivity contribution in [2.75, 3.05) is 0 Å². The lowest BCUT2D eigenvalue weighted by molar-refractivity contribution is 0.401. The second-order valence-electron chi connectivity index (χ2n) is 8.04. The Morgan fingerprint density at radius 3 is 2.44 bits per heavy atom. The first kappa shape index (κ1) is 16.6. The molecule has 4 rings (SSSR count). The Bertz CT molecular complexity index is 757. The van der Waals surface area contributed by atoms with Crippen LogP contribution in [0.2, 0.25) is 0 Å². The summed E-state index contributed by atoms with van der Waals surface area (Å²) < 4.78 is 0. The normalized spacial score (nSPS) is 18.7. The second-order valence-corrected chi connectivity index (χ2v) is 8.04. The van der Waals surface area contributed by atoms with Gasteiger partial charge in [0.05, 0.1) is 0 Å². The molecule has 0 amide bonds. The lowest BCUT2D eigenvalue weighted by Gasteiger charge is -2.22. The summed E-state index contributed by atoms with van der Waals surface area (Å²) >= 11 is 0. The first-order valence-electron chi connectivity index (χ1n) is 10.2. The maximum atomic E-state index is 2.53. The van der Waals surface area contributed by atoms with Crippen molar-refractivity contribution < 1.29 is 0 Å². The van der Waals surface area contributed by atoms with Crippen molar-refractivity contribution in [2.45, 2.75) is 64.7 Å². The Hall–Kier alpha value is -1.82. The van der Waals surface area contributed by atoms with Gasteiger partial charge in [0, 0.05) is 0 Å². The zero-order chi connectivity index (χ0) is 17.2. The minimum absolute atomic E-state index is 0.647. The summed E-state index contributed by atoms with van der Waals surface area (Å²) in [6, 6.07) is 16.2. The molecule has 0 bridgehead atoms. The standard InChI is InChI=1S/C25H30/c1-3-18(2)19-12-14-21(15-13-19)24-11-7-10-22-16-23(17-25(22)24)20-8-5-4-6-9-20/h7,10-15,17-18,20H,3-6,8-9,16H2,1-2H3. The van der Waals surface area contributed by atoms with Crippen molar-refractivity contribution in [2.24, 2.45) is 5.92 Å². The summed E-state index contributed by atoms with van der Waals surface area (Å²) in [7, 11) is 0. The highest BCUT2D eigenvalue weighted by Crippen LogP contribution is 2.40. The number of benzene rings is 2. The molecule has 1 saturated carbocycles. The highest BCUT2D eigenvalue weighted by atomic mass is 14.3. The summed E-state index contributed by atoms with van der Waals surface area (Å²) in [5.74, 6) is 1.48. The molecule has 0 heterocycles. The summed E-state index contributed by atoms with van der Waals surface area (Å²) in [6.07, 6.45) is 12.0. The average Bonchev–Trinajstić information content (AvgIpc) is 3.12. The quantitative estimate of drug-likeness (QED) is 0.548. The lowest BCUT2D eigenvalue weighted by atomic mass is 9.83. The molecule has 2 aromatic rings. The minimum atomic E-state index is 0.647. The number of rotatable bonds is 4. The SMILES string of the molecule is CCC(C)c1ccc(-c2cccc3c2C=C(C2CCCCC2)C3)cc1. The van der Waals surface area contributed by atoms with Gasteiger partial charge < -0.3 is 0 Å². The summed E-state index contributed by atoms with van der Waals surface area (Å²) in [6.45, 7) is 4.58. The Morgan fingerprint density at radius 1 is 0.960 bits per heavy atom. The molecule has 0 spiro atoms. The Kier molecular flexibility index (Phi) is 4.79. The van der Waals surface area contributed by atoms with E-state index in [2.05, 4.69) is 62.4 Å². The van der Waals surface area contributed by atoms with Crippen LogP contribution in [0, 0.1) is 5.92 Å². The van der Waals surface area contributed by atoms with E-state index in [0.717, 1.165) is 5.92 Å². The van der Waals surface area contributed by atoms with E-state index in [9.17, 15) is 0 Å². The van der Waals surface area contributed by atoms with Crippen LogP contribution < -0.4 is 0 Å². The molecule has 1 fully saturated rings. The van der Waals surface area contributed by atoms with Crippen LogP contribution in [0.3, 0.4) is 0 Å². The number of hydrogen-bond acceptors (Lipinski definition) is 0. The van der Waals surface area contributed by atoms with Crippen LogP contribution in [-0.2, 0) is 6.42 Å². The van der Waals surface area contributed by atoms with Gasteiger partial charge in [-0.15, -0.1) is 0 Å². The fraction of sp³-hybridized carbons (Fsp3) is 0.440. The van der Waals surface area contributed by atoms with E-state index in [1.807, 2.05) is 0 Å². The van der Waals surface area contributed by atoms with Crippen molar-refractivity contribution in [3.8, 4) is 11.1 Å². The van der Waals surface area contributed by atoms with Crippen molar-refractivity contribution in [1.29, 1.82) is 0 Å².